The van der Waals surface area contributed by atoms with E-state index in [9.17, 15) is 9.90 Å². The van der Waals surface area contributed by atoms with Crippen LogP contribution < -0.4 is 19.8 Å². The number of aromatic nitrogens is 1. The van der Waals surface area contributed by atoms with E-state index in [1.807, 2.05) is 42.9 Å². The fourth-order valence-electron chi connectivity index (χ4n) is 5.89. The molecule has 5 aliphatic rings. The molecule has 1 atom stereocenters. The van der Waals surface area contributed by atoms with Crippen LogP contribution in [0.5, 0.6) is 5.75 Å². The number of amides is 1. The van der Waals surface area contributed by atoms with E-state index in [0.29, 0.717) is 11.6 Å². The van der Waals surface area contributed by atoms with Crippen molar-refractivity contribution >= 4 is 53.1 Å². The molecule has 1 N–H and O–H groups in total. The quantitative estimate of drug-likeness (QED) is 0.581. The Bertz CT molecular complexity index is 1720. The van der Waals surface area contributed by atoms with Crippen molar-refractivity contribution in [1.29, 1.82) is 0 Å². The molecule has 0 saturated carbocycles. The number of benzene rings is 2. The molecule has 31 heavy (non-hydrogen) atoms. The van der Waals surface area contributed by atoms with Gasteiger partial charge in [0.1, 0.15) is 11.3 Å². The van der Waals surface area contributed by atoms with E-state index in [1.54, 1.807) is 6.08 Å². The van der Waals surface area contributed by atoms with Crippen LogP contribution in [-0.2, 0) is 6.42 Å². The molecule has 0 fully saturated rings. The number of hydrogen-bond acceptors (Lipinski definition) is 3. The maximum absolute atomic E-state index is 13.2. The monoisotopic (exact) mass is 404 g/mol. The van der Waals surface area contributed by atoms with Crippen LogP contribution in [-0.4, -0.2) is 22.0 Å². The summed E-state index contributed by atoms with van der Waals surface area (Å²) in [5, 5.41) is 14.0. The Labute approximate surface area is 175 Å². The van der Waals surface area contributed by atoms with Gasteiger partial charge in [0.05, 0.1) is 11.1 Å². The number of rotatable bonds is 0. The lowest BCUT2D eigenvalue weighted by molar-refractivity contribution is 0.158. The first kappa shape index (κ1) is 15.6. The highest BCUT2D eigenvalue weighted by atomic mass is 16.5. The van der Waals surface area contributed by atoms with Crippen molar-refractivity contribution < 1.29 is 14.6 Å². The first-order valence-electron chi connectivity index (χ1n) is 10.2. The minimum Gasteiger partial charge on any atom is -0.434 e. The fraction of sp³-hybridized carbons (Fsp3) is 0.0400. The highest BCUT2D eigenvalue weighted by Crippen LogP contribution is 2.61. The van der Waals surface area contributed by atoms with Gasteiger partial charge in [-0.1, -0.05) is 16.6 Å². The molecule has 0 radical (unpaired) electrons. The molecule has 6 nitrogen and oxygen atoms in total. The summed E-state index contributed by atoms with van der Waals surface area (Å²) in [6, 6.07) is 5.75. The maximum atomic E-state index is 13.2. The Morgan fingerprint density at radius 1 is 1.23 bits per heavy atom. The lowest BCUT2D eigenvalue weighted by atomic mass is 9.94. The molecule has 5 heterocycles. The molecule has 6 heteroatoms. The highest BCUT2D eigenvalue weighted by Gasteiger charge is 2.60. The highest BCUT2D eigenvalue weighted by molar-refractivity contribution is 6.21. The number of fused-ring (bicyclic) bond motifs is 8. The Hall–Kier alpha value is -4.16. The van der Waals surface area contributed by atoms with Gasteiger partial charge in [0.15, 0.2) is 11.4 Å². The van der Waals surface area contributed by atoms with Crippen LogP contribution in [0.1, 0.15) is 11.1 Å². The predicted molar refractivity (Wildman–Crippen MR) is 120 cm³/mol. The molecule has 1 aliphatic carbocycles. The Balaban J connectivity index is 1.77. The SMILES string of the molecule is O=C(O)[N+]12/C3=C\C=C/n4c5c(c6c7c(c(c1c64)-c1ccc(cc12)O3)C=NC=7)CC=CC=5. The molecule has 2 aromatic carbocycles. The van der Waals surface area contributed by atoms with Crippen molar-refractivity contribution in [1.82, 2.24) is 9.05 Å². The summed E-state index contributed by atoms with van der Waals surface area (Å²) >= 11 is 0. The van der Waals surface area contributed by atoms with Gasteiger partial charge in [-0.05, 0) is 36.3 Å². The normalized spacial score (nSPS) is 24.5. The summed E-state index contributed by atoms with van der Waals surface area (Å²) in [5.41, 5.74) is 6.39. The molecule has 0 saturated heterocycles. The number of quaternary nitrogens is 1. The van der Waals surface area contributed by atoms with Crippen LogP contribution in [0, 0.1) is 0 Å². The van der Waals surface area contributed by atoms with Gasteiger partial charge < -0.3 is 14.4 Å². The zero-order chi connectivity index (χ0) is 20.5. The summed E-state index contributed by atoms with van der Waals surface area (Å²) in [7, 11) is 0. The number of allylic oxidation sites excluding steroid dienone is 4. The standard InChI is InChI=1S/C25H13N3O3/c29-25(30)28-19-10-13-7-8-15(19)22-17-12-26-11-16(17)21-14-4-1-2-5-18(14)27(23(21)24(22)28)9-3-6-20(28)31-13/h1-3,5-12H,4H2/p+1/b9-3-,20-6+. The molecular formula is C25H14N3O3+. The lowest BCUT2D eigenvalue weighted by Gasteiger charge is -2.33. The number of aliphatic imine (C=N–C) groups is 1. The number of hydrogen-bond donors (Lipinski definition) is 1. The van der Waals surface area contributed by atoms with E-state index in [-0.39, 0.29) is 0 Å². The summed E-state index contributed by atoms with van der Waals surface area (Å²) in [6.45, 7) is 0. The van der Waals surface area contributed by atoms with Crippen LogP contribution in [0.3, 0.4) is 0 Å². The van der Waals surface area contributed by atoms with Crippen molar-refractivity contribution in [2.75, 3.05) is 0 Å². The van der Waals surface area contributed by atoms with Crippen LogP contribution in [0.25, 0.3) is 40.5 Å². The summed E-state index contributed by atoms with van der Waals surface area (Å²) in [6.07, 6.45) is 15.6. The van der Waals surface area contributed by atoms with E-state index in [4.69, 9.17) is 4.74 Å². The van der Waals surface area contributed by atoms with Gasteiger partial charge in [0.25, 0.3) is 0 Å². The van der Waals surface area contributed by atoms with E-state index in [2.05, 4.69) is 27.8 Å². The third-order valence-corrected chi connectivity index (χ3v) is 7.01. The van der Waals surface area contributed by atoms with Gasteiger partial charge in [-0.3, -0.25) is 4.99 Å². The van der Waals surface area contributed by atoms with E-state index in [1.165, 1.54) is 5.56 Å². The zero-order valence-electron chi connectivity index (χ0n) is 16.2. The van der Waals surface area contributed by atoms with Crippen molar-refractivity contribution in [2.24, 2.45) is 4.99 Å². The first-order valence-corrected chi connectivity index (χ1v) is 10.2. The van der Waals surface area contributed by atoms with Crippen LogP contribution >= 0.6 is 0 Å². The topological polar surface area (TPSA) is 63.8 Å². The van der Waals surface area contributed by atoms with Crippen LogP contribution in [0.15, 0.2) is 53.4 Å². The second-order valence-corrected chi connectivity index (χ2v) is 8.30. The van der Waals surface area contributed by atoms with Crippen molar-refractivity contribution in [3.05, 3.63) is 70.1 Å². The minimum absolute atomic E-state index is 0.379. The third kappa shape index (κ3) is 1.47. The van der Waals surface area contributed by atoms with Crippen LogP contribution in [0.4, 0.5) is 16.2 Å². The second-order valence-electron chi connectivity index (χ2n) is 8.30. The number of nitrogens with zero attached hydrogens (tertiary/aromatic N) is 3. The number of carbonyl (C=O) groups is 1. The molecule has 146 valence electrons. The third-order valence-electron chi connectivity index (χ3n) is 7.01. The summed E-state index contributed by atoms with van der Waals surface area (Å²) in [5.74, 6) is 1.03. The first-order chi connectivity index (χ1) is 15.2. The molecule has 1 unspecified atom stereocenters. The van der Waals surface area contributed by atoms with Crippen molar-refractivity contribution in [3.63, 3.8) is 0 Å². The van der Waals surface area contributed by atoms with Gasteiger partial charge in [0, 0.05) is 52.3 Å². The number of ether oxygens (including phenoxy) is 1. The zero-order valence-corrected chi connectivity index (χ0v) is 16.2. The lowest BCUT2D eigenvalue weighted by Crippen LogP contribution is -2.50. The van der Waals surface area contributed by atoms with Gasteiger partial charge in [-0.15, -0.1) is 0 Å². The summed E-state index contributed by atoms with van der Waals surface area (Å²) < 4.78 is 7.79. The molecule has 3 aromatic rings. The maximum Gasteiger partial charge on any atom is 0.532 e. The Morgan fingerprint density at radius 2 is 2.16 bits per heavy atom. The van der Waals surface area contributed by atoms with Gasteiger partial charge >= 0.3 is 12.0 Å². The van der Waals surface area contributed by atoms with Gasteiger partial charge in [0.2, 0.25) is 0 Å². The fourth-order valence-corrected chi connectivity index (χ4v) is 5.89. The molecule has 4 aliphatic heterocycles. The summed E-state index contributed by atoms with van der Waals surface area (Å²) in [4.78, 5) is 17.7. The smallest absolute Gasteiger partial charge is 0.434 e. The van der Waals surface area contributed by atoms with Gasteiger partial charge in [-0.25, -0.2) is 0 Å². The van der Waals surface area contributed by atoms with Gasteiger partial charge in [-0.2, -0.15) is 4.79 Å². The molecule has 8 rings (SSSR count). The van der Waals surface area contributed by atoms with E-state index < -0.39 is 10.6 Å². The molecule has 0 spiro atoms. The minimum atomic E-state index is -0.980. The Morgan fingerprint density at radius 3 is 3.06 bits per heavy atom. The van der Waals surface area contributed by atoms with E-state index in [0.717, 1.165) is 56.0 Å². The second kappa shape index (κ2) is 4.77. The Kier molecular flexibility index (Phi) is 2.41. The largest absolute Gasteiger partial charge is 0.532 e. The van der Waals surface area contributed by atoms with E-state index >= 15 is 0 Å². The average molecular weight is 404 g/mol. The molecule has 1 aromatic heterocycles. The van der Waals surface area contributed by atoms with Crippen molar-refractivity contribution in [3.8, 4) is 16.9 Å². The molecular weight excluding hydrogens is 390 g/mol. The molecule has 2 bridgehead atoms. The van der Waals surface area contributed by atoms with Crippen molar-refractivity contribution in [2.45, 2.75) is 6.42 Å². The number of carboxylic acid groups (broad SMARTS) is 1. The van der Waals surface area contributed by atoms with Crippen LogP contribution in [0.2, 0.25) is 0 Å². The predicted octanol–water partition coefficient (Wildman–Crippen LogP) is 3.72. The molecule has 1 amide bonds. The average Bonchev–Trinajstić information content (AvgIpc) is 3.44.